The van der Waals surface area contributed by atoms with Gasteiger partial charge in [0.05, 0.1) is 0 Å². The van der Waals surface area contributed by atoms with E-state index in [0.717, 1.165) is 0 Å². The molecule has 94 valence electrons. The molecule has 0 unspecified atom stereocenters. The molecule has 1 aromatic rings. The largest absolute Gasteiger partial charge is 2.00 e. The van der Waals surface area contributed by atoms with Crippen molar-refractivity contribution in [3.05, 3.63) is 99.9 Å². The maximum atomic E-state index is 3.96. The van der Waals surface area contributed by atoms with Crippen molar-refractivity contribution in [2.24, 2.45) is 0 Å². The smallest absolute Gasteiger partial charge is 0.265 e. The zero-order valence-corrected chi connectivity index (χ0v) is 11.6. The molecule has 1 nitrogen and oxygen atoms in total. The van der Waals surface area contributed by atoms with Gasteiger partial charge in [0.2, 0.25) is 0 Å². The van der Waals surface area contributed by atoms with Crippen molar-refractivity contribution < 1.29 is 17.1 Å². The molecule has 2 aliphatic rings. The summed E-state index contributed by atoms with van der Waals surface area (Å²) < 4.78 is 0. The molecule has 2 saturated carbocycles. The van der Waals surface area contributed by atoms with Gasteiger partial charge in [-0.15, -0.1) is 0 Å². The molecule has 0 saturated heterocycles. The molecule has 1 aromatic heterocycles. The van der Waals surface area contributed by atoms with E-state index in [2.05, 4.69) is 30.0 Å². The van der Waals surface area contributed by atoms with E-state index in [4.69, 9.17) is 0 Å². The first kappa shape index (κ1) is 16.5. The van der Waals surface area contributed by atoms with Gasteiger partial charge in [-0.05, 0) is 75.5 Å². The molecule has 0 aromatic carbocycles. The summed E-state index contributed by atoms with van der Waals surface area (Å²) in [6.07, 6.45) is 26.0. The Labute approximate surface area is 128 Å². The van der Waals surface area contributed by atoms with Gasteiger partial charge in [-0.2, -0.15) is 0 Å². The SMILES string of the molecule is [CH]1[CH][CH][CH][CH]1.[CH]1[CH][CH][C](/C=C/c2ccncc2)[CH]1.[Fe+2]. The van der Waals surface area contributed by atoms with Crippen LogP contribution >= 0.6 is 0 Å². The molecule has 0 N–H and O–H groups in total. The third-order valence-electron chi connectivity index (χ3n) is 2.42. The van der Waals surface area contributed by atoms with E-state index in [0.29, 0.717) is 0 Å². The first-order valence-corrected chi connectivity index (χ1v) is 5.92. The third kappa shape index (κ3) is 6.94. The second-order valence-corrected chi connectivity index (χ2v) is 3.79. The zero-order chi connectivity index (χ0) is 12.5. The van der Waals surface area contributed by atoms with Gasteiger partial charge in [0.1, 0.15) is 0 Å². The van der Waals surface area contributed by atoms with Crippen LogP contribution in [0.3, 0.4) is 0 Å². The van der Waals surface area contributed by atoms with Crippen LogP contribution in [0, 0.1) is 63.7 Å². The number of aromatic nitrogens is 1. The van der Waals surface area contributed by atoms with Gasteiger partial charge < -0.3 is 0 Å². The molecule has 0 bridgehead atoms. The molecule has 3 rings (SSSR count). The number of hydrogen-bond acceptors (Lipinski definition) is 1. The summed E-state index contributed by atoms with van der Waals surface area (Å²) in [5, 5.41) is 0. The molecule has 0 atom stereocenters. The zero-order valence-electron chi connectivity index (χ0n) is 10.5. The molecule has 19 heavy (non-hydrogen) atoms. The maximum absolute atomic E-state index is 3.96. The van der Waals surface area contributed by atoms with Crippen LogP contribution in [0.1, 0.15) is 5.56 Å². The monoisotopic (exact) mass is 289 g/mol. The second-order valence-electron chi connectivity index (χ2n) is 3.79. The first-order chi connectivity index (χ1) is 8.95. The van der Waals surface area contributed by atoms with Gasteiger partial charge in [-0.3, -0.25) is 4.98 Å². The summed E-state index contributed by atoms with van der Waals surface area (Å²) in [7, 11) is 0. The number of nitrogens with zero attached hydrogens (tertiary/aromatic N) is 1. The predicted molar refractivity (Wildman–Crippen MR) is 75.2 cm³/mol. The van der Waals surface area contributed by atoms with Gasteiger partial charge in [-0.1, -0.05) is 12.2 Å². The summed E-state index contributed by atoms with van der Waals surface area (Å²) >= 11 is 0. The Morgan fingerprint density at radius 1 is 0.684 bits per heavy atom. The molecule has 2 heteroatoms. The van der Waals surface area contributed by atoms with E-state index in [1.165, 1.54) is 11.5 Å². The van der Waals surface area contributed by atoms with Crippen LogP contribution in [-0.2, 0) is 17.1 Å². The Balaban J connectivity index is 0.000000256. The van der Waals surface area contributed by atoms with E-state index >= 15 is 0 Å². The molecule has 2 aliphatic carbocycles. The Morgan fingerprint density at radius 3 is 1.74 bits per heavy atom. The number of pyridine rings is 1. The average molecular weight is 289 g/mol. The van der Waals surface area contributed by atoms with Gasteiger partial charge >= 0.3 is 17.1 Å². The summed E-state index contributed by atoms with van der Waals surface area (Å²) in [5.74, 6) is 1.23. The topological polar surface area (TPSA) is 12.9 Å². The molecular weight excluding hydrogens is 274 g/mol. The van der Waals surface area contributed by atoms with Crippen molar-refractivity contribution in [2.75, 3.05) is 0 Å². The van der Waals surface area contributed by atoms with Gasteiger partial charge in [0, 0.05) is 18.3 Å². The van der Waals surface area contributed by atoms with Crippen molar-refractivity contribution in [3.63, 3.8) is 0 Å². The summed E-state index contributed by atoms with van der Waals surface area (Å²) in [6, 6.07) is 3.97. The summed E-state index contributed by atoms with van der Waals surface area (Å²) in [5.41, 5.74) is 1.18. The van der Waals surface area contributed by atoms with Crippen LogP contribution in [0.2, 0.25) is 0 Å². The van der Waals surface area contributed by atoms with Crippen LogP contribution < -0.4 is 0 Å². The minimum atomic E-state index is 0. The van der Waals surface area contributed by atoms with E-state index in [9.17, 15) is 0 Å². The fraction of sp³-hybridized carbons (Fsp3) is 0. The van der Waals surface area contributed by atoms with Gasteiger partial charge in [-0.25, -0.2) is 0 Å². The first-order valence-electron chi connectivity index (χ1n) is 5.92. The molecule has 1 heterocycles. The fourth-order valence-electron chi connectivity index (χ4n) is 1.49. The molecule has 0 spiro atoms. The van der Waals surface area contributed by atoms with E-state index in [1.54, 1.807) is 12.4 Å². The van der Waals surface area contributed by atoms with Crippen molar-refractivity contribution in [1.82, 2.24) is 4.98 Å². The van der Waals surface area contributed by atoms with Gasteiger partial charge in [0.25, 0.3) is 0 Å². The van der Waals surface area contributed by atoms with E-state index in [-0.39, 0.29) is 17.1 Å². The Bertz CT molecular complexity index is 330. The minimum Gasteiger partial charge on any atom is -0.265 e. The molecular formula is C17H15FeN+2. The van der Waals surface area contributed by atoms with Crippen LogP contribution in [0.5, 0.6) is 0 Å². The van der Waals surface area contributed by atoms with Crippen LogP contribution in [0.4, 0.5) is 0 Å². The Hall–Kier alpha value is -0.591. The number of allylic oxidation sites excluding steroid dienone is 1. The van der Waals surface area contributed by atoms with Crippen LogP contribution in [0.15, 0.2) is 30.6 Å². The third-order valence-corrected chi connectivity index (χ3v) is 2.42. The fourth-order valence-corrected chi connectivity index (χ4v) is 1.49. The minimum absolute atomic E-state index is 0. The molecule has 10 radical (unpaired) electrons. The normalized spacial score (nSPS) is 18.9. The van der Waals surface area contributed by atoms with Gasteiger partial charge in [0.15, 0.2) is 0 Å². The predicted octanol–water partition coefficient (Wildman–Crippen LogP) is 3.52. The average Bonchev–Trinajstić information content (AvgIpc) is 3.13. The summed E-state index contributed by atoms with van der Waals surface area (Å²) in [6.45, 7) is 0. The molecule has 0 aliphatic heterocycles. The Morgan fingerprint density at radius 2 is 1.21 bits per heavy atom. The quantitative estimate of drug-likeness (QED) is 0.759. The standard InChI is InChI=1S/C12H10N.C5H5.Fe/c1-2-4-11(3-1)5-6-12-7-9-13-10-8-12;1-2-4-5-3-1;/h1-10H;1-5H;/q;;+2/b6-5+;;. The molecule has 0 amide bonds. The summed E-state index contributed by atoms with van der Waals surface area (Å²) in [4.78, 5) is 3.96. The second kappa shape index (κ2) is 10.2. The maximum Gasteiger partial charge on any atom is 2.00 e. The molecule has 2 fully saturated rings. The van der Waals surface area contributed by atoms with Crippen molar-refractivity contribution >= 4 is 6.08 Å². The Kier molecular flexibility index (Phi) is 8.86. The van der Waals surface area contributed by atoms with E-state index in [1.807, 2.05) is 57.1 Å². The van der Waals surface area contributed by atoms with Crippen molar-refractivity contribution in [2.45, 2.75) is 0 Å². The van der Waals surface area contributed by atoms with Crippen molar-refractivity contribution in [1.29, 1.82) is 0 Å². The number of rotatable bonds is 2. The van der Waals surface area contributed by atoms with Crippen LogP contribution in [-0.4, -0.2) is 4.98 Å². The number of hydrogen-bond donors (Lipinski definition) is 0. The van der Waals surface area contributed by atoms with E-state index < -0.39 is 0 Å². The van der Waals surface area contributed by atoms with Crippen LogP contribution in [0.25, 0.3) is 6.08 Å². The van der Waals surface area contributed by atoms with Crippen molar-refractivity contribution in [3.8, 4) is 0 Å².